The van der Waals surface area contributed by atoms with Crippen molar-refractivity contribution in [1.82, 2.24) is 14.9 Å². The van der Waals surface area contributed by atoms with Gasteiger partial charge in [-0.2, -0.15) is 0 Å². The van der Waals surface area contributed by atoms with Crippen LogP contribution in [0.25, 0.3) is 22.4 Å². The average molecular weight is 394 g/mol. The first-order valence-corrected chi connectivity index (χ1v) is 9.55. The minimum atomic E-state index is -0.377. The molecule has 28 heavy (non-hydrogen) atoms. The van der Waals surface area contributed by atoms with Gasteiger partial charge in [0.15, 0.2) is 5.82 Å². The van der Waals surface area contributed by atoms with E-state index in [1.807, 2.05) is 49.4 Å². The Kier molecular flexibility index (Phi) is 4.79. The molecule has 7 nitrogen and oxygen atoms in total. The zero-order valence-electron chi connectivity index (χ0n) is 15.4. The van der Waals surface area contributed by atoms with Gasteiger partial charge in [-0.1, -0.05) is 36.0 Å². The standard InChI is InChI=1S/C20H18N4O3S/c1-12-7-8-14-13(10-18(25)27-17(14)9-12)11-28-20-23-22-19(24(20)21)15-5-3-4-6-16(15)26-2/h3-10H,11,21H2,1-2H3. The highest BCUT2D eigenvalue weighted by atomic mass is 32.2. The Morgan fingerprint density at radius 1 is 1.18 bits per heavy atom. The van der Waals surface area contributed by atoms with Gasteiger partial charge in [-0.15, -0.1) is 10.2 Å². The third-order valence-electron chi connectivity index (χ3n) is 4.35. The molecule has 4 aromatic rings. The second kappa shape index (κ2) is 7.40. The van der Waals surface area contributed by atoms with Crippen molar-refractivity contribution in [2.45, 2.75) is 17.8 Å². The monoisotopic (exact) mass is 394 g/mol. The molecule has 0 aliphatic carbocycles. The maximum atomic E-state index is 11.9. The summed E-state index contributed by atoms with van der Waals surface area (Å²) >= 11 is 1.40. The number of benzene rings is 2. The summed E-state index contributed by atoms with van der Waals surface area (Å²) < 4.78 is 12.1. The second-order valence-electron chi connectivity index (χ2n) is 6.26. The lowest BCUT2D eigenvalue weighted by atomic mass is 10.1. The molecule has 2 aromatic carbocycles. The van der Waals surface area contributed by atoms with Crippen molar-refractivity contribution in [1.29, 1.82) is 0 Å². The lowest BCUT2D eigenvalue weighted by Crippen LogP contribution is -2.12. The van der Waals surface area contributed by atoms with Crippen LogP contribution < -0.4 is 16.2 Å². The van der Waals surface area contributed by atoms with Gasteiger partial charge in [0.1, 0.15) is 11.3 Å². The predicted octanol–water partition coefficient (Wildman–Crippen LogP) is 3.37. The van der Waals surface area contributed by atoms with Gasteiger partial charge in [0.05, 0.1) is 12.7 Å². The van der Waals surface area contributed by atoms with E-state index in [0.717, 1.165) is 22.1 Å². The number of nitrogens with zero attached hydrogens (tertiary/aromatic N) is 3. The molecule has 0 saturated heterocycles. The van der Waals surface area contributed by atoms with Crippen molar-refractivity contribution in [2.75, 3.05) is 13.0 Å². The van der Waals surface area contributed by atoms with Crippen LogP contribution >= 0.6 is 11.8 Å². The van der Waals surface area contributed by atoms with Crippen LogP contribution in [0.5, 0.6) is 5.75 Å². The maximum absolute atomic E-state index is 11.9. The molecule has 0 atom stereocenters. The van der Waals surface area contributed by atoms with Crippen LogP contribution in [0.4, 0.5) is 0 Å². The summed E-state index contributed by atoms with van der Waals surface area (Å²) in [6.45, 7) is 1.96. The number of nitrogen functional groups attached to an aromatic ring is 1. The number of thioether (sulfide) groups is 1. The number of para-hydroxylation sites is 1. The minimum absolute atomic E-state index is 0.377. The van der Waals surface area contributed by atoms with E-state index in [2.05, 4.69) is 10.2 Å². The minimum Gasteiger partial charge on any atom is -0.496 e. The third-order valence-corrected chi connectivity index (χ3v) is 5.35. The van der Waals surface area contributed by atoms with Gasteiger partial charge in [0, 0.05) is 17.2 Å². The number of aryl methyl sites for hydroxylation is 1. The first-order chi connectivity index (χ1) is 13.6. The highest BCUT2D eigenvalue weighted by Crippen LogP contribution is 2.31. The highest BCUT2D eigenvalue weighted by Gasteiger charge is 2.16. The number of aromatic nitrogens is 3. The summed E-state index contributed by atoms with van der Waals surface area (Å²) in [6.07, 6.45) is 0. The first-order valence-electron chi connectivity index (χ1n) is 8.57. The van der Waals surface area contributed by atoms with E-state index in [0.29, 0.717) is 28.1 Å². The molecule has 2 N–H and O–H groups in total. The number of nitrogens with two attached hydrogens (primary N) is 1. The largest absolute Gasteiger partial charge is 0.496 e. The molecule has 8 heteroatoms. The number of hydrogen-bond donors (Lipinski definition) is 1. The van der Waals surface area contributed by atoms with Crippen molar-refractivity contribution in [3.63, 3.8) is 0 Å². The predicted molar refractivity (Wildman–Crippen MR) is 109 cm³/mol. The first kappa shape index (κ1) is 18.1. The Hall–Kier alpha value is -3.26. The van der Waals surface area contributed by atoms with Crippen LogP contribution in [0.2, 0.25) is 0 Å². The summed E-state index contributed by atoms with van der Waals surface area (Å²) in [6, 6.07) is 14.8. The summed E-state index contributed by atoms with van der Waals surface area (Å²) in [5.41, 5.74) is 2.85. The number of rotatable bonds is 5. The molecular formula is C20H18N4O3S. The molecule has 2 heterocycles. The van der Waals surface area contributed by atoms with Crippen LogP contribution in [0.1, 0.15) is 11.1 Å². The van der Waals surface area contributed by atoms with Crippen molar-refractivity contribution in [3.05, 3.63) is 70.1 Å². The Balaban J connectivity index is 1.64. The highest BCUT2D eigenvalue weighted by molar-refractivity contribution is 7.98. The van der Waals surface area contributed by atoms with E-state index in [1.165, 1.54) is 22.5 Å². The van der Waals surface area contributed by atoms with Gasteiger partial charge in [0.25, 0.3) is 0 Å². The molecule has 0 aliphatic rings. The number of hydrogen-bond acceptors (Lipinski definition) is 7. The smallest absolute Gasteiger partial charge is 0.336 e. The van der Waals surface area contributed by atoms with E-state index in [1.54, 1.807) is 7.11 Å². The molecule has 4 rings (SSSR count). The fraction of sp³-hybridized carbons (Fsp3) is 0.150. The molecule has 142 valence electrons. The number of fused-ring (bicyclic) bond motifs is 1. The molecule has 0 saturated carbocycles. The van der Waals surface area contributed by atoms with Crippen LogP contribution in [0, 0.1) is 6.92 Å². The number of ether oxygens (including phenoxy) is 1. The molecule has 0 spiro atoms. The SMILES string of the molecule is COc1ccccc1-c1nnc(SCc2cc(=O)oc3cc(C)ccc23)n1N. The quantitative estimate of drug-likeness (QED) is 0.315. The second-order valence-corrected chi connectivity index (χ2v) is 7.20. The Morgan fingerprint density at radius 2 is 2.00 bits per heavy atom. The molecule has 0 unspecified atom stereocenters. The maximum Gasteiger partial charge on any atom is 0.336 e. The van der Waals surface area contributed by atoms with Gasteiger partial charge in [0.2, 0.25) is 5.16 Å². The zero-order valence-corrected chi connectivity index (χ0v) is 16.2. The Morgan fingerprint density at radius 3 is 2.82 bits per heavy atom. The lowest BCUT2D eigenvalue weighted by Gasteiger charge is -2.08. The van der Waals surface area contributed by atoms with E-state index < -0.39 is 0 Å². The fourth-order valence-corrected chi connectivity index (χ4v) is 3.83. The van der Waals surface area contributed by atoms with E-state index >= 15 is 0 Å². The number of methoxy groups -OCH3 is 1. The molecule has 0 amide bonds. The summed E-state index contributed by atoms with van der Waals surface area (Å²) in [5, 5.41) is 9.83. The van der Waals surface area contributed by atoms with Crippen LogP contribution in [0.3, 0.4) is 0 Å². The fourth-order valence-electron chi connectivity index (χ4n) is 2.99. The Bertz CT molecular complexity index is 1220. The third kappa shape index (κ3) is 3.34. The normalized spacial score (nSPS) is 11.1. The van der Waals surface area contributed by atoms with Crippen LogP contribution in [0.15, 0.2) is 62.9 Å². The summed E-state index contributed by atoms with van der Waals surface area (Å²) in [5.74, 6) is 7.90. The van der Waals surface area contributed by atoms with Gasteiger partial charge < -0.3 is 15.0 Å². The molecule has 0 aliphatic heterocycles. The van der Waals surface area contributed by atoms with E-state index in [-0.39, 0.29) is 5.63 Å². The van der Waals surface area contributed by atoms with E-state index in [9.17, 15) is 4.79 Å². The van der Waals surface area contributed by atoms with Gasteiger partial charge in [-0.05, 0) is 36.2 Å². The molecule has 2 aromatic heterocycles. The molecule has 0 radical (unpaired) electrons. The van der Waals surface area contributed by atoms with Crippen molar-refractivity contribution in [3.8, 4) is 17.1 Å². The van der Waals surface area contributed by atoms with Crippen molar-refractivity contribution < 1.29 is 9.15 Å². The average Bonchev–Trinajstić information content (AvgIpc) is 3.05. The van der Waals surface area contributed by atoms with E-state index in [4.69, 9.17) is 15.0 Å². The van der Waals surface area contributed by atoms with Gasteiger partial charge >= 0.3 is 5.63 Å². The topological polar surface area (TPSA) is 96.2 Å². The van der Waals surface area contributed by atoms with Crippen LogP contribution in [-0.2, 0) is 5.75 Å². The Labute approximate surface area is 165 Å². The molecule has 0 bridgehead atoms. The molecular weight excluding hydrogens is 376 g/mol. The zero-order chi connectivity index (χ0) is 19.7. The van der Waals surface area contributed by atoms with Gasteiger partial charge in [-0.3, -0.25) is 0 Å². The summed E-state index contributed by atoms with van der Waals surface area (Å²) in [4.78, 5) is 11.9. The summed E-state index contributed by atoms with van der Waals surface area (Å²) in [7, 11) is 1.60. The van der Waals surface area contributed by atoms with Crippen LogP contribution in [-0.4, -0.2) is 22.0 Å². The van der Waals surface area contributed by atoms with Crippen molar-refractivity contribution >= 4 is 22.7 Å². The lowest BCUT2D eigenvalue weighted by molar-refractivity contribution is 0.416. The van der Waals surface area contributed by atoms with Crippen molar-refractivity contribution in [2.24, 2.45) is 0 Å². The van der Waals surface area contributed by atoms with Gasteiger partial charge in [-0.25, -0.2) is 9.47 Å². The molecule has 0 fully saturated rings.